The van der Waals surface area contributed by atoms with Crippen LogP contribution in [0, 0.1) is 6.92 Å². The van der Waals surface area contributed by atoms with Crippen molar-refractivity contribution in [3.8, 4) is 11.1 Å². The van der Waals surface area contributed by atoms with Crippen molar-refractivity contribution in [1.29, 1.82) is 0 Å². The topological polar surface area (TPSA) is 34.1 Å². The smallest absolute Gasteiger partial charge is 0.112 e. The van der Waals surface area contributed by atoms with Gasteiger partial charge in [0.15, 0.2) is 0 Å². The first-order valence-electron chi connectivity index (χ1n) is 6.68. The summed E-state index contributed by atoms with van der Waals surface area (Å²) in [6.07, 6.45) is 2.01. The fourth-order valence-corrected chi connectivity index (χ4v) is 2.27. The van der Waals surface area contributed by atoms with Gasteiger partial charge in [-0.1, -0.05) is 35.9 Å². The quantitative estimate of drug-likeness (QED) is 0.923. The van der Waals surface area contributed by atoms with Gasteiger partial charge >= 0.3 is 0 Å². The summed E-state index contributed by atoms with van der Waals surface area (Å²) in [5.74, 6) is 0. The highest BCUT2D eigenvalue weighted by atomic mass is 35.5. The van der Waals surface area contributed by atoms with Crippen LogP contribution in [0.2, 0.25) is 0 Å². The van der Waals surface area contributed by atoms with Crippen LogP contribution in [0.15, 0.2) is 42.6 Å². The number of hydrogen-bond acceptors (Lipinski definition) is 3. The molecule has 1 N–H and O–H groups in total. The van der Waals surface area contributed by atoms with Crippen LogP contribution in [0.4, 0.5) is 0 Å². The number of nitrogens with zero attached hydrogens (tertiary/aromatic N) is 1. The molecule has 0 bridgehead atoms. The summed E-state index contributed by atoms with van der Waals surface area (Å²) in [5.41, 5.74) is 4.62. The van der Waals surface area contributed by atoms with Crippen LogP contribution in [-0.2, 0) is 4.74 Å². The Labute approximate surface area is 125 Å². The van der Waals surface area contributed by atoms with Gasteiger partial charge in [-0.15, -0.1) is 12.4 Å². The number of morpholine rings is 1. The Hall–Kier alpha value is -1.42. The van der Waals surface area contributed by atoms with E-state index in [0.29, 0.717) is 0 Å². The van der Waals surface area contributed by atoms with Crippen molar-refractivity contribution in [1.82, 2.24) is 10.3 Å². The number of pyridine rings is 1. The van der Waals surface area contributed by atoms with Crippen LogP contribution in [0.25, 0.3) is 11.1 Å². The Bertz CT molecular complexity index is 533. The van der Waals surface area contributed by atoms with E-state index in [2.05, 4.69) is 53.6 Å². The van der Waals surface area contributed by atoms with E-state index in [1.54, 1.807) is 0 Å². The molecule has 1 unspecified atom stereocenters. The van der Waals surface area contributed by atoms with E-state index in [1.165, 1.54) is 11.1 Å². The van der Waals surface area contributed by atoms with Crippen molar-refractivity contribution in [2.75, 3.05) is 19.7 Å². The van der Waals surface area contributed by atoms with Gasteiger partial charge in [0.1, 0.15) is 6.10 Å². The van der Waals surface area contributed by atoms with Gasteiger partial charge in [-0.3, -0.25) is 4.98 Å². The molecule has 2 heterocycles. The van der Waals surface area contributed by atoms with Crippen molar-refractivity contribution in [3.63, 3.8) is 0 Å². The summed E-state index contributed by atoms with van der Waals surface area (Å²) in [7, 11) is 0. The normalized spacial score (nSPS) is 18.4. The molecule has 3 nitrogen and oxygen atoms in total. The van der Waals surface area contributed by atoms with Crippen LogP contribution >= 0.6 is 12.4 Å². The molecule has 1 saturated heterocycles. The maximum atomic E-state index is 5.70. The maximum absolute atomic E-state index is 5.70. The number of benzene rings is 1. The van der Waals surface area contributed by atoms with Gasteiger partial charge in [-0.2, -0.15) is 0 Å². The van der Waals surface area contributed by atoms with E-state index >= 15 is 0 Å². The molecule has 20 heavy (non-hydrogen) atoms. The lowest BCUT2D eigenvalue weighted by molar-refractivity contribution is 0.0250. The molecule has 0 saturated carbocycles. The molecule has 1 aromatic carbocycles. The summed E-state index contributed by atoms with van der Waals surface area (Å²) in [6, 6.07) is 12.7. The Balaban J connectivity index is 0.00000147. The van der Waals surface area contributed by atoms with E-state index in [4.69, 9.17) is 4.74 Å². The first-order valence-corrected chi connectivity index (χ1v) is 6.68. The van der Waals surface area contributed by atoms with Crippen molar-refractivity contribution < 1.29 is 4.74 Å². The zero-order valence-electron chi connectivity index (χ0n) is 11.5. The average molecular weight is 291 g/mol. The predicted octanol–water partition coefficient (Wildman–Crippen LogP) is 3.14. The molecule has 1 aromatic heterocycles. The van der Waals surface area contributed by atoms with Crippen molar-refractivity contribution in [3.05, 3.63) is 53.9 Å². The largest absolute Gasteiger partial charge is 0.369 e. The van der Waals surface area contributed by atoms with Crippen LogP contribution < -0.4 is 5.32 Å². The number of aromatic nitrogens is 1. The minimum Gasteiger partial charge on any atom is -0.369 e. The van der Waals surface area contributed by atoms with Crippen molar-refractivity contribution in [2.45, 2.75) is 13.0 Å². The predicted molar refractivity (Wildman–Crippen MR) is 83.2 cm³/mol. The number of rotatable bonds is 2. The van der Waals surface area contributed by atoms with Gasteiger partial charge in [-0.05, 0) is 18.6 Å². The monoisotopic (exact) mass is 290 g/mol. The van der Waals surface area contributed by atoms with E-state index in [0.717, 1.165) is 31.0 Å². The highest BCUT2D eigenvalue weighted by Crippen LogP contribution is 2.22. The molecule has 0 amide bonds. The van der Waals surface area contributed by atoms with Crippen LogP contribution in [0.5, 0.6) is 0 Å². The van der Waals surface area contributed by atoms with E-state index in [1.807, 2.05) is 6.20 Å². The summed E-state index contributed by atoms with van der Waals surface area (Å²) in [5, 5.41) is 3.32. The van der Waals surface area contributed by atoms with Gasteiger partial charge in [0.2, 0.25) is 0 Å². The number of hydrogen-bond donors (Lipinski definition) is 1. The van der Waals surface area contributed by atoms with Crippen molar-refractivity contribution >= 4 is 12.4 Å². The fourth-order valence-electron chi connectivity index (χ4n) is 2.27. The van der Waals surface area contributed by atoms with Gasteiger partial charge in [-0.25, -0.2) is 0 Å². The van der Waals surface area contributed by atoms with E-state index in [9.17, 15) is 0 Å². The third kappa shape index (κ3) is 3.37. The summed E-state index contributed by atoms with van der Waals surface area (Å²) in [6.45, 7) is 4.62. The second-order valence-electron chi connectivity index (χ2n) is 4.90. The maximum Gasteiger partial charge on any atom is 0.112 e. The van der Waals surface area contributed by atoms with Gasteiger partial charge in [0, 0.05) is 24.8 Å². The van der Waals surface area contributed by atoms with Crippen molar-refractivity contribution in [2.24, 2.45) is 0 Å². The van der Waals surface area contributed by atoms with Crippen LogP contribution in [0.3, 0.4) is 0 Å². The lowest BCUT2D eigenvalue weighted by atomic mass is 10.1. The molecule has 3 rings (SSSR count). The zero-order valence-corrected chi connectivity index (χ0v) is 12.3. The summed E-state index contributed by atoms with van der Waals surface area (Å²) >= 11 is 0. The Morgan fingerprint density at radius 2 is 1.85 bits per heavy atom. The summed E-state index contributed by atoms with van der Waals surface area (Å²) in [4.78, 5) is 4.54. The van der Waals surface area contributed by atoms with Gasteiger partial charge in [0.05, 0.1) is 12.3 Å². The Morgan fingerprint density at radius 1 is 1.10 bits per heavy atom. The molecule has 4 heteroatoms. The summed E-state index contributed by atoms with van der Waals surface area (Å²) < 4.78 is 5.70. The number of nitrogens with one attached hydrogen (secondary N) is 1. The van der Waals surface area contributed by atoms with Gasteiger partial charge < -0.3 is 10.1 Å². The van der Waals surface area contributed by atoms with E-state index in [-0.39, 0.29) is 18.5 Å². The number of aryl methyl sites for hydroxylation is 1. The Morgan fingerprint density at radius 3 is 2.45 bits per heavy atom. The molecular formula is C16H19ClN2O. The average Bonchev–Trinajstić information content (AvgIpc) is 2.49. The first-order chi connectivity index (χ1) is 9.33. The molecule has 1 aliphatic heterocycles. The second-order valence-corrected chi connectivity index (χ2v) is 4.90. The number of ether oxygens (including phenoxy) is 1. The zero-order chi connectivity index (χ0) is 13.1. The fraction of sp³-hybridized carbons (Fsp3) is 0.312. The third-order valence-corrected chi connectivity index (χ3v) is 3.43. The number of halogens is 1. The lowest BCUT2D eigenvalue weighted by Crippen LogP contribution is -2.33. The van der Waals surface area contributed by atoms with Gasteiger partial charge in [0.25, 0.3) is 0 Å². The molecular weight excluding hydrogens is 272 g/mol. The van der Waals surface area contributed by atoms with Crippen LogP contribution in [-0.4, -0.2) is 24.7 Å². The van der Waals surface area contributed by atoms with E-state index < -0.39 is 0 Å². The molecule has 0 spiro atoms. The standard InChI is InChI=1S/C16H18N2O.ClH/c1-12-2-4-13(5-3-12)14-6-7-15(18-10-14)16-11-17-8-9-19-16;/h2-7,10,16-17H,8-9,11H2,1H3;1H. The molecule has 0 radical (unpaired) electrons. The molecule has 1 aliphatic rings. The molecule has 106 valence electrons. The minimum atomic E-state index is 0. The third-order valence-electron chi connectivity index (χ3n) is 3.43. The highest BCUT2D eigenvalue weighted by Gasteiger charge is 2.16. The Kier molecular flexibility index (Phi) is 5.12. The lowest BCUT2D eigenvalue weighted by Gasteiger charge is -2.23. The second kappa shape index (κ2) is 6.84. The molecule has 1 fully saturated rings. The highest BCUT2D eigenvalue weighted by molar-refractivity contribution is 5.85. The molecule has 1 atom stereocenters. The minimum absolute atomic E-state index is 0. The van der Waals surface area contributed by atoms with Crippen LogP contribution in [0.1, 0.15) is 17.4 Å². The molecule has 0 aliphatic carbocycles. The first kappa shape index (κ1) is 15.0. The molecule has 2 aromatic rings. The SMILES string of the molecule is Cc1ccc(-c2ccc(C3CNCCO3)nc2)cc1.Cl.